The van der Waals surface area contributed by atoms with E-state index < -0.39 is 0 Å². The summed E-state index contributed by atoms with van der Waals surface area (Å²) in [6.07, 6.45) is 6.92. The van der Waals surface area contributed by atoms with Crippen LogP contribution in [-0.2, 0) is 0 Å². The van der Waals surface area contributed by atoms with Gasteiger partial charge >= 0.3 is 0 Å². The van der Waals surface area contributed by atoms with Crippen LogP contribution in [0.15, 0.2) is 18.5 Å². The first kappa shape index (κ1) is 10.7. The van der Waals surface area contributed by atoms with Crippen LogP contribution in [0.1, 0.15) is 19.3 Å². The zero-order valence-corrected chi connectivity index (χ0v) is 9.28. The summed E-state index contributed by atoms with van der Waals surface area (Å²) in [5, 5.41) is 0.570. The molecule has 0 aromatic carbocycles. The number of halogens is 1. The van der Waals surface area contributed by atoms with Gasteiger partial charge in [0.15, 0.2) is 0 Å². The second-order valence-corrected chi connectivity index (χ2v) is 4.30. The Morgan fingerprint density at radius 3 is 3.13 bits per heavy atom. The van der Waals surface area contributed by atoms with Crippen LogP contribution in [-0.4, -0.2) is 17.6 Å². The van der Waals surface area contributed by atoms with E-state index in [9.17, 15) is 0 Å². The largest absolute Gasteiger partial charge is 0.488 e. The first-order valence-electron chi connectivity index (χ1n) is 5.27. The minimum atomic E-state index is 0.217. The van der Waals surface area contributed by atoms with E-state index in [1.165, 1.54) is 6.42 Å². The van der Waals surface area contributed by atoms with Crippen LogP contribution < -0.4 is 10.5 Å². The van der Waals surface area contributed by atoms with Crippen LogP contribution in [0.2, 0.25) is 5.02 Å². The van der Waals surface area contributed by atoms with E-state index >= 15 is 0 Å². The van der Waals surface area contributed by atoms with Gasteiger partial charge in [-0.15, -0.1) is 0 Å². The second-order valence-electron chi connectivity index (χ2n) is 3.89. The van der Waals surface area contributed by atoms with Crippen LogP contribution >= 0.6 is 11.6 Å². The Morgan fingerprint density at radius 1 is 1.53 bits per heavy atom. The van der Waals surface area contributed by atoms with Crippen LogP contribution in [0.4, 0.5) is 0 Å². The number of aromatic nitrogens is 1. The van der Waals surface area contributed by atoms with Gasteiger partial charge in [-0.05, 0) is 25.8 Å². The van der Waals surface area contributed by atoms with Crippen molar-refractivity contribution in [2.75, 3.05) is 6.54 Å². The SMILES string of the molecule is NCC1CCCC1Oc1ccncc1Cl. The van der Waals surface area contributed by atoms with E-state index in [4.69, 9.17) is 22.1 Å². The summed E-state index contributed by atoms with van der Waals surface area (Å²) in [4.78, 5) is 3.92. The van der Waals surface area contributed by atoms with E-state index in [1.807, 2.05) is 0 Å². The van der Waals surface area contributed by atoms with Crippen molar-refractivity contribution < 1.29 is 4.74 Å². The minimum absolute atomic E-state index is 0.217. The van der Waals surface area contributed by atoms with Crippen LogP contribution in [0.3, 0.4) is 0 Å². The van der Waals surface area contributed by atoms with Gasteiger partial charge in [0, 0.05) is 24.4 Å². The van der Waals surface area contributed by atoms with Crippen LogP contribution in [0, 0.1) is 5.92 Å². The van der Waals surface area contributed by atoms with Crippen molar-refractivity contribution in [3.8, 4) is 5.75 Å². The summed E-state index contributed by atoms with van der Waals surface area (Å²) in [5.41, 5.74) is 5.69. The first-order chi connectivity index (χ1) is 7.31. The molecule has 2 rings (SSSR count). The fourth-order valence-corrected chi connectivity index (χ4v) is 2.21. The van der Waals surface area contributed by atoms with Crippen LogP contribution in [0.5, 0.6) is 5.75 Å². The van der Waals surface area contributed by atoms with E-state index in [0.717, 1.165) is 18.6 Å². The Morgan fingerprint density at radius 2 is 2.40 bits per heavy atom. The number of nitrogens with two attached hydrogens (primary N) is 1. The van der Waals surface area contributed by atoms with Gasteiger partial charge in [0.05, 0.1) is 0 Å². The fourth-order valence-electron chi connectivity index (χ4n) is 2.05. The highest BCUT2D eigenvalue weighted by Crippen LogP contribution is 2.31. The Kier molecular flexibility index (Phi) is 3.44. The highest BCUT2D eigenvalue weighted by atomic mass is 35.5. The van der Waals surface area contributed by atoms with Gasteiger partial charge in [-0.3, -0.25) is 4.98 Å². The zero-order chi connectivity index (χ0) is 10.7. The topological polar surface area (TPSA) is 48.1 Å². The maximum Gasteiger partial charge on any atom is 0.141 e. The van der Waals surface area contributed by atoms with Gasteiger partial charge in [-0.1, -0.05) is 11.6 Å². The third-order valence-electron chi connectivity index (χ3n) is 2.91. The summed E-state index contributed by atoms with van der Waals surface area (Å²) in [7, 11) is 0. The predicted molar refractivity (Wildman–Crippen MR) is 60.1 cm³/mol. The van der Waals surface area contributed by atoms with Gasteiger partial charge in [0.25, 0.3) is 0 Å². The average molecular weight is 227 g/mol. The highest BCUT2D eigenvalue weighted by Gasteiger charge is 2.28. The molecule has 1 aliphatic carbocycles. The monoisotopic (exact) mass is 226 g/mol. The molecule has 3 nitrogen and oxygen atoms in total. The molecule has 0 aliphatic heterocycles. The molecule has 0 amide bonds. The minimum Gasteiger partial charge on any atom is -0.488 e. The lowest BCUT2D eigenvalue weighted by atomic mass is 10.1. The number of hydrogen-bond acceptors (Lipinski definition) is 3. The summed E-state index contributed by atoms with van der Waals surface area (Å²) in [6.45, 7) is 0.688. The maximum absolute atomic E-state index is 5.97. The lowest BCUT2D eigenvalue weighted by molar-refractivity contribution is 0.162. The summed E-state index contributed by atoms with van der Waals surface area (Å²) in [6, 6.07) is 1.80. The molecule has 1 saturated carbocycles. The van der Waals surface area contributed by atoms with Gasteiger partial charge in [0.1, 0.15) is 16.9 Å². The van der Waals surface area contributed by atoms with Crippen molar-refractivity contribution in [2.45, 2.75) is 25.4 Å². The van der Waals surface area contributed by atoms with Gasteiger partial charge < -0.3 is 10.5 Å². The number of pyridine rings is 1. The van der Waals surface area contributed by atoms with E-state index in [1.54, 1.807) is 18.5 Å². The van der Waals surface area contributed by atoms with E-state index in [2.05, 4.69) is 4.98 Å². The summed E-state index contributed by atoms with van der Waals surface area (Å²) < 4.78 is 5.86. The Hall–Kier alpha value is -0.800. The molecule has 1 fully saturated rings. The number of nitrogens with zero attached hydrogens (tertiary/aromatic N) is 1. The van der Waals surface area contributed by atoms with Crippen LogP contribution in [0.25, 0.3) is 0 Å². The Bertz CT molecular complexity index is 332. The molecule has 2 unspecified atom stereocenters. The van der Waals surface area contributed by atoms with Gasteiger partial charge in [0.2, 0.25) is 0 Å². The molecule has 0 saturated heterocycles. The summed E-state index contributed by atoms with van der Waals surface area (Å²) in [5.74, 6) is 1.19. The third-order valence-corrected chi connectivity index (χ3v) is 3.19. The molecule has 0 spiro atoms. The van der Waals surface area contributed by atoms with Crippen molar-refractivity contribution in [3.05, 3.63) is 23.5 Å². The van der Waals surface area contributed by atoms with E-state index in [-0.39, 0.29) is 6.10 Å². The van der Waals surface area contributed by atoms with Gasteiger partial charge in [-0.25, -0.2) is 0 Å². The predicted octanol–water partition coefficient (Wildman–Crippen LogP) is 2.24. The van der Waals surface area contributed by atoms with E-state index in [0.29, 0.717) is 17.5 Å². The average Bonchev–Trinajstić information content (AvgIpc) is 2.69. The molecule has 4 heteroatoms. The fraction of sp³-hybridized carbons (Fsp3) is 0.545. The quantitative estimate of drug-likeness (QED) is 0.860. The molecule has 2 atom stereocenters. The van der Waals surface area contributed by atoms with Gasteiger partial charge in [-0.2, -0.15) is 0 Å². The zero-order valence-electron chi connectivity index (χ0n) is 8.53. The molecular weight excluding hydrogens is 212 g/mol. The second kappa shape index (κ2) is 4.81. The lowest BCUT2D eigenvalue weighted by Gasteiger charge is -2.20. The number of rotatable bonds is 3. The number of ether oxygens (including phenoxy) is 1. The molecule has 1 aromatic rings. The molecule has 0 bridgehead atoms. The standard InChI is InChI=1S/C11H15ClN2O/c12-9-7-14-5-4-11(9)15-10-3-1-2-8(10)6-13/h4-5,7-8,10H,1-3,6,13H2. The lowest BCUT2D eigenvalue weighted by Crippen LogP contribution is -2.27. The number of hydrogen-bond donors (Lipinski definition) is 1. The Balaban J connectivity index is 2.05. The molecule has 0 radical (unpaired) electrons. The molecule has 1 aliphatic rings. The molecular formula is C11H15ClN2O. The van der Waals surface area contributed by atoms with Crippen molar-refractivity contribution in [1.82, 2.24) is 4.98 Å². The summed E-state index contributed by atoms with van der Waals surface area (Å²) >= 11 is 5.97. The van der Waals surface area contributed by atoms with Crippen molar-refractivity contribution in [1.29, 1.82) is 0 Å². The Labute approximate surface area is 94.6 Å². The molecule has 15 heavy (non-hydrogen) atoms. The van der Waals surface area contributed by atoms with Crippen molar-refractivity contribution in [2.24, 2.45) is 11.7 Å². The smallest absolute Gasteiger partial charge is 0.141 e. The maximum atomic E-state index is 5.97. The normalized spacial score (nSPS) is 25.5. The van der Waals surface area contributed by atoms with Crippen molar-refractivity contribution in [3.63, 3.8) is 0 Å². The molecule has 2 N–H and O–H groups in total. The first-order valence-corrected chi connectivity index (χ1v) is 5.65. The van der Waals surface area contributed by atoms with Crippen molar-refractivity contribution >= 4 is 11.6 Å². The third kappa shape index (κ3) is 2.41. The highest BCUT2D eigenvalue weighted by molar-refractivity contribution is 6.31. The molecule has 1 heterocycles. The molecule has 1 aromatic heterocycles. The molecule has 82 valence electrons.